The molecule has 0 aromatic heterocycles. The quantitative estimate of drug-likeness (QED) is 0.262. The largest absolute Gasteiger partial charge is 0.320 e. The number of nitrogens with zero attached hydrogens (tertiary/aromatic N) is 6. The van der Waals surface area contributed by atoms with Crippen LogP contribution in [0.25, 0.3) is 0 Å². The number of urea groups is 3. The van der Waals surface area contributed by atoms with Crippen molar-refractivity contribution >= 4 is 34.0 Å². The SMILES string of the molecule is CC12CC3C[C@H](C1)C(N1CC4c5ccccc5CCN4C1=O)[C@@H](C3)C2.O=C1N2CCc3c(Br)cccc3C2CN1C1C2CC3CC(C2)CC1C3.O=C1N2CCc3ccccc3C2CN1C1C2CC3CC(C2)CC1C3. The van der Waals surface area contributed by atoms with Crippen LogP contribution in [0.15, 0.2) is 71.2 Å². The van der Waals surface area contributed by atoms with Crippen molar-refractivity contribution in [3.63, 3.8) is 0 Å². The summed E-state index contributed by atoms with van der Waals surface area (Å²) in [5.74, 6) is 9.50. The molecule has 6 aliphatic heterocycles. The van der Waals surface area contributed by atoms with E-state index >= 15 is 0 Å². The first kappa shape index (κ1) is 46.1. The second-order valence-corrected chi connectivity index (χ2v) is 28.9. The number of carbonyl (C=O) groups excluding carboxylic acids is 3. The van der Waals surface area contributed by atoms with Gasteiger partial charge in [0.2, 0.25) is 0 Å². The number of rotatable bonds is 3. The summed E-state index contributed by atoms with van der Waals surface area (Å²) < 4.78 is 1.21. The van der Waals surface area contributed by atoms with Crippen LogP contribution in [-0.2, 0) is 19.3 Å². The van der Waals surface area contributed by atoms with Crippen molar-refractivity contribution in [2.75, 3.05) is 39.3 Å². The predicted molar refractivity (Wildman–Crippen MR) is 290 cm³/mol. The van der Waals surface area contributed by atoms with E-state index in [9.17, 15) is 14.4 Å². The third-order valence-electron chi connectivity index (χ3n) is 23.9. The van der Waals surface area contributed by atoms with Crippen LogP contribution >= 0.6 is 15.9 Å². The van der Waals surface area contributed by atoms with E-state index in [-0.39, 0.29) is 6.04 Å². The molecular weight excluding hydrogens is 981 g/mol. The normalized spacial score (nSPS) is 42.6. The Morgan fingerprint density at radius 1 is 0.405 bits per heavy atom. The Kier molecular flexibility index (Phi) is 10.7. The molecule has 12 bridgehead atoms. The molecule has 3 aromatic carbocycles. The van der Waals surface area contributed by atoms with E-state index in [1.807, 2.05) is 0 Å². The van der Waals surface area contributed by atoms with Crippen LogP contribution in [-0.4, -0.2) is 105 Å². The van der Waals surface area contributed by atoms with Crippen LogP contribution in [0, 0.1) is 70.5 Å². The highest BCUT2D eigenvalue weighted by atomic mass is 79.9. The summed E-state index contributed by atoms with van der Waals surface area (Å²) in [6.45, 7) is 7.97. The van der Waals surface area contributed by atoms with E-state index in [2.05, 4.69) is 119 Å². The molecule has 3 aromatic rings. The fraction of sp³-hybridized carbons (Fsp3) is 0.672. The van der Waals surface area contributed by atoms with E-state index in [1.54, 1.807) is 0 Å². The first-order valence-corrected chi connectivity index (χ1v) is 31.0. The molecule has 0 N–H and O–H groups in total. The highest BCUT2D eigenvalue weighted by Gasteiger charge is 2.59. The van der Waals surface area contributed by atoms with Crippen LogP contribution in [0.3, 0.4) is 0 Å². The molecule has 0 spiro atoms. The van der Waals surface area contributed by atoms with Gasteiger partial charge in [-0.3, -0.25) is 0 Å². The lowest BCUT2D eigenvalue weighted by Crippen LogP contribution is -2.59. The predicted octanol–water partition coefficient (Wildman–Crippen LogP) is 12.7. The van der Waals surface area contributed by atoms with Gasteiger partial charge in [-0.1, -0.05) is 83.5 Å². The van der Waals surface area contributed by atoms with E-state index in [4.69, 9.17) is 0 Å². The van der Waals surface area contributed by atoms with Gasteiger partial charge in [0.05, 0.1) is 18.1 Å². The maximum Gasteiger partial charge on any atom is 0.320 e. The van der Waals surface area contributed by atoms with Crippen LogP contribution in [0.1, 0.15) is 155 Å². The fourth-order valence-electron chi connectivity index (χ4n) is 22.0. The van der Waals surface area contributed by atoms with Gasteiger partial charge in [-0.25, -0.2) is 14.4 Å². The number of amides is 6. The molecule has 6 unspecified atom stereocenters. The van der Waals surface area contributed by atoms with Gasteiger partial charge in [0.1, 0.15) is 0 Å². The van der Waals surface area contributed by atoms with Gasteiger partial charge in [0.25, 0.3) is 0 Å². The van der Waals surface area contributed by atoms with Crippen molar-refractivity contribution in [3.05, 3.63) is 105 Å². The molecule has 3 saturated heterocycles. The zero-order valence-corrected chi connectivity index (χ0v) is 45.5. The lowest BCUT2D eigenvalue weighted by molar-refractivity contribution is -0.0913. The monoisotopic (exact) mass is 1060 g/mol. The zero-order chi connectivity index (χ0) is 49.3. The molecule has 15 fully saturated rings. The molecule has 390 valence electrons. The minimum Gasteiger partial charge on any atom is -0.319 e. The lowest BCUT2D eigenvalue weighted by atomic mass is 9.48. The van der Waals surface area contributed by atoms with Crippen molar-refractivity contribution < 1.29 is 14.4 Å². The molecule has 6 heterocycles. The first-order chi connectivity index (χ1) is 36.1. The maximum atomic E-state index is 13.3. The Morgan fingerprint density at radius 3 is 1.23 bits per heavy atom. The van der Waals surface area contributed by atoms with Crippen molar-refractivity contribution in [2.24, 2.45) is 70.5 Å². The Morgan fingerprint density at radius 2 is 0.784 bits per heavy atom. The van der Waals surface area contributed by atoms with Gasteiger partial charge < -0.3 is 29.4 Å². The van der Waals surface area contributed by atoms with E-state index in [1.165, 1.54) is 134 Å². The number of hydrogen-bond acceptors (Lipinski definition) is 3. The molecule has 12 saturated carbocycles. The molecule has 21 rings (SSSR count). The number of halogens is 1. The Balaban J connectivity index is 0.0000000945. The van der Waals surface area contributed by atoms with Crippen LogP contribution in [0.2, 0.25) is 0 Å². The number of fused-ring (bicyclic) bond motifs is 9. The highest BCUT2D eigenvalue weighted by molar-refractivity contribution is 9.10. The summed E-state index contributed by atoms with van der Waals surface area (Å²) >= 11 is 3.72. The molecule has 18 aliphatic rings. The molecule has 10 heteroatoms. The van der Waals surface area contributed by atoms with Gasteiger partial charge in [-0.2, -0.15) is 0 Å². The topological polar surface area (TPSA) is 70.7 Å². The average molecular weight is 1060 g/mol. The summed E-state index contributed by atoms with van der Waals surface area (Å²) in [6, 6.07) is 27.5. The first-order valence-electron chi connectivity index (χ1n) is 30.2. The minimum atomic E-state index is 0.269. The van der Waals surface area contributed by atoms with Gasteiger partial charge in [0, 0.05) is 61.9 Å². The summed E-state index contributed by atoms with van der Waals surface area (Å²) in [5, 5.41) is 0. The van der Waals surface area contributed by atoms with Crippen molar-refractivity contribution in [3.8, 4) is 0 Å². The van der Waals surface area contributed by atoms with E-state index < -0.39 is 0 Å². The number of hydrogen-bond donors (Lipinski definition) is 0. The summed E-state index contributed by atoms with van der Waals surface area (Å²) in [6.07, 6.45) is 24.0. The van der Waals surface area contributed by atoms with Gasteiger partial charge >= 0.3 is 18.1 Å². The van der Waals surface area contributed by atoms with Crippen LogP contribution in [0.4, 0.5) is 14.4 Å². The lowest BCUT2D eigenvalue weighted by Gasteiger charge is -2.60. The van der Waals surface area contributed by atoms with Gasteiger partial charge in [-0.15, -0.1) is 0 Å². The van der Waals surface area contributed by atoms with Crippen molar-refractivity contribution in [2.45, 2.75) is 159 Å². The smallest absolute Gasteiger partial charge is 0.319 e. The second-order valence-electron chi connectivity index (χ2n) is 28.0. The second kappa shape index (κ2) is 17.2. The average Bonchev–Trinajstić information content (AvgIpc) is 4.03. The molecule has 0 radical (unpaired) electrons. The molecule has 6 amide bonds. The van der Waals surface area contributed by atoms with Crippen LogP contribution in [0.5, 0.6) is 0 Å². The summed E-state index contributed by atoms with van der Waals surface area (Å²) in [7, 11) is 0. The third kappa shape index (κ3) is 7.18. The fourth-order valence-corrected chi connectivity index (χ4v) is 22.6. The van der Waals surface area contributed by atoms with Crippen LogP contribution < -0.4 is 0 Å². The van der Waals surface area contributed by atoms with E-state index in [0.29, 0.717) is 53.7 Å². The molecule has 9 nitrogen and oxygen atoms in total. The van der Waals surface area contributed by atoms with Gasteiger partial charge in [-0.05, 0) is 226 Å². The standard InChI is InChI=1S/C22H28N2O.C21H25BrN2O.C21H26N2O/c1-22-10-14-8-16(11-22)20(17(9-14)12-22)24-13-19-18-5-3-2-4-15(18)6-7-23(19)21(24)25;22-18-3-1-2-17-16(18)4-5-23-19(17)11-24(21(23)25)20-14-7-12-6-13(9-14)10-15(20)8-12;24-21-22-6-5-15-3-1-2-4-18(15)19(22)12-23(21)20-16-8-13-7-14(10-16)11-17(20)9-13/h2-5,14,16-17,19-20H,6-13H2,1H3;1-3,12-15,19-20H,4-11H2;1-4,13-14,16-17,19-20H,5-12H2/t14?,16-,17+,19?,20?,22?;;. The summed E-state index contributed by atoms with van der Waals surface area (Å²) in [4.78, 5) is 53.3. The molecular formula is C64H79BrN6O3. The van der Waals surface area contributed by atoms with Crippen molar-refractivity contribution in [1.29, 1.82) is 0 Å². The van der Waals surface area contributed by atoms with Gasteiger partial charge in [0.15, 0.2) is 0 Å². The molecule has 12 aliphatic carbocycles. The Hall–Kier alpha value is -4.05. The van der Waals surface area contributed by atoms with E-state index in [0.717, 1.165) is 124 Å². The highest BCUT2D eigenvalue weighted by Crippen LogP contribution is 2.62. The number of carbonyl (C=O) groups is 3. The minimum absolute atomic E-state index is 0.269. The Labute approximate surface area is 448 Å². The Bertz CT molecular complexity index is 2710. The molecule has 8 atom stereocenters. The zero-order valence-electron chi connectivity index (χ0n) is 43.9. The maximum absolute atomic E-state index is 13.3. The third-order valence-corrected chi connectivity index (χ3v) is 24.6. The number of benzene rings is 3. The summed E-state index contributed by atoms with van der Waals surface area (Å²) in [5.41, 5.74) is 9.09. The molecule has 74 heavy (non-hydrogen) atoms. The van der Waals surface area contributed by atoms with Crippen molar-refractivity contribution in [1.82, 2.24) is 29.4 Å².